The maximum atomic E-state index is 13.3. The van der Waals surface area contributed by atoms with Crippen molar-refractivity contribution in [3.8, 4) is 5.75 Å². The molecule has 0 aromatic heterocycles. The molecule has 5 heteroatoms. The molecule has 3 N–H and O–H groups in total. The molecule has 2 unspecified atom stereocenters. The molecule has 0 amide bonds. The lowest BCUT2D eigenvalue weighted by Gasteiger charge is -2.20. The summed E-state index contributed by atoms with van der Waals surface area (Å²) in [5.74, 6) is 0.384. The van der Waals surface area contributed by atoms with E-state index in [1.54, 1.807) is 12.1 Å². The van der Waals surface area contributed by atoms with E-state index in [1.165, 1.54) is 12.1 Å². The van der Waals surface area contributed by atoms with Crippen molar-refractivity contribution in [3.05, 3.63) is 65.0 Å². The van der Waals surface area contributed by atoms with Crippen molar-refractivity contribution in [2.75, 3.05) is 19.8 Å². The fraction of sp³-hybridized carbons (Fsp3) is 0.368. The molecule has 130 valence electrons. The normalized spacial score (nSPS) is 13.5. The fourth-order valence-electron chi connectivity index (χ4n) is 2.50. The van der Waals surface area contributed by atoms with E-state index in [1.807, 2.05) is 32.0 Å². The maximum absolute atomic E-state index is 13.3. The van der Waals surface area contributed by atoms with E-state index in [0.717, 1.165) is 16.9 Å². The predicted octanol–water partition coefficient (Wildman–Crippen LogP) is 2.51. The Labute approximate surface area is 141 Å². The molecule has 2 aromatic rings. The third-order valence-electron chi connectivity index (χ3n) is 3.80. The van der Waals surface area contributed by atoms with Crippen LogP contribution in [0.3, 0.4) is 0 Å². The first-order valence-corrected chi connectivity index (χ1v) is 7.97. The van der Waals surface area contributed by atoms with Gasteiger partial charge in [-0.05, 0) is 43.2 Å². The number of aliphatic hydroxyl groups excluding tert-OH is 2. The van der Waals surface area contributed by atoms with Gasteiger partial charge in [-0.3, -0.25) is 0 Å². The highest BCUT2D eigenvalue weighted by Crippen LogP contribution is 2.19. The topological polar surface area (TPSA) is 61.7 Å². The Morgan fingerprint density at radius 2 is 1.96 bits per heavy atom. The minimum atomic E-state index is -0.742. The van der Waals surface area contributed by atoms with Crippen LogP contribution in [0, 0.1) is 19.7 Å². The third-order valence-corrected chi connectivity index (χ3v) is 3.80. The first-order valence-electron chi connectivity index (χ1n) is 7.97. The van der Waals surface area contributed by atoms with Gasteiger partial charge in [0, 0.05) is 6.54 Å². The van der Waals surface area contributed by atoms with Gasteiger partial charge in [0.1, 0.15) is 24.3 Å². The van der Waals surface area contributed by atoms with Gasteiger partial charge in [-0.25, -0.2) is 4.39 Å². The second-order valence-electron chi connectivity index (χ2n) is 5.93. The summed E-state index contributed by atoms with van der Waals surface area (Å²) >= 11 is 0. The number of halogens is 1. The molecule has 2 rings (SSSR count). The summed E-state index contributed by atoms with van der Waals surface area (Å²) in [4.78, 5) is 0. The van der Waals surface area contributed by atoms with Gasteiger partial charge in [-0.2, -0.15) is 0 Å². The zero-order valence-corrected chi connectivity index (χ0v) is 14.0. The van der Waals surface area contributed by atoms with E-state index in [0.29, 0.717) is 5.56 Å². The molecular weight excluding hydrogens is 309 g/mol. The Morgan fingerprint density at radius 1 is 1.17 bits per heavy atom. The number of aliphatic hydroxyl groups is 2. The molecule has 0 aliphatic heterocycles. The van der Waals surface area contributed by atoms with Crippen molar-refractivity contribution in [1.82, 2.24) is 5.32 Å². The van der Waals surface area contributed by atoms with Crippen molar-refractivity contribution in [1.29, 1.82) is 0 Å². The van der Waals surface area contributed by atoms with Crippen LogP contribution in [0.4, 0.5) is 4.39 Å². The molecule has 0 aliphatic rings. The van der Waals surface area contributed by atoms with Crippen LogP contribution in [0.2, 0.25) is 0 Å². The van der Waals surface area contributed by atoms with Crippen LogP contribution in [0.15, 0.2) is 42.5 Å². The molecule has 0 spiro atoms. The first kappa shape index (κ1) is 18.4. The zero-order valence-electron chi connectivity index (χ0n) is 14.0. The number of rotatable bonds is 8. The predicted molar refractivity (Wildman–Crippen MR) is 91.6 cm³/mol. The lowest BCUT2D eigenvalue weighted by Crippen LogP contribution is -2.35. The number of nitrogens with one attached hydrogen (secondary N) is 1. The Bertz CT molecular complexity index is 663. The Morgan fingerprint density at radius 3 is 2.62 bits per heavy atom. The molecule has 4 nitrogen and oxygen atoms in total. The Hall–Kier alpha value is -1.95. The molecule has 0 aliphatic carbocycles. The molecule has 0 fully saturated rings. The fourth-order valence-corrected chi connectivity index (χ4v) is 2.50. The van der Waals surface area contributed by atoms with Gasteiger partial charge in [-0.1, -0.05) is 29.8 Å². The summed E-state index contributed by atoms with van der Waals surface area (Å²) in [7, 11) is 0. The average Bonchev–Trinajstić information content (AvgIpc) is 2.54. The standard InChI is InChI=1S/C19H24FNO3/c1-13-6-7-19(14(2)8-13)24-12-17(23)10-21-18(11-22)15-4-3-5-16(20)9-15/h3-9,17-18,21-23H,10-12H2,1-2H3. The smallest absolute Gasteiger partial charge is 0.123 e. The molecule has 0 heterocycles. The summed E-state index contributed by atoms with van der Waals surface area (Å²) < 4.78 is 18.9. The molecule has 0 radical (unpaired) electrons. The number of ether oxygens (including phenoxy) is 1. The summed E-state index contributed by atoms with van der Waals surface area (Å²) in [5, 5.41) is 22.5. The van der Waals surface area contributed by atoms with Crippen molar-refractivity contribution in [2.45, 2.75) is 26.0 Å². The highest BCUT2D eigenvalue weighted by molar-refractivity contribution is 5.35. The molecular formula is C19H24FNO3. The number of benzene rings is 2. The summed E-state index contributed by atoms with van der Waals surface area (Å²) in [6, 6.07) is 11.5. The molecule has 2 aromatic carbocycles. The molecule has 0 saturated carbocycles. The molecule has 2 atom stereocenters. The van der Waals surface area contributed by atoms with Crippen molar-refractivity contribution >= 4 is 0 Å². The van der Waals surface area contributed by atoms with E-state index in [9.17, 15) is 14.6 Å². The van der Waals surface area contributed by atoms with Crippen molar-refractivity contribution < 1.29 is 19.3 Å². The average molecular weight is 333 g/mol. The third kappa shape index (κ3) is 5.30. The number of hydrogen-bond acceptors (Lipinski definition) is 4. The summed E-state index contributed by atoms with van der Waals surface area (Å²) in [6.45, 7) is 4.15. The van der Waals surface area contributed by atoms with Crippen LogP contribution < -0.4 is 10.1 Å². The SMILES string of the molecule is Cc1ccc(OCC(O)CNC(CO)c2cccc(F)c2)c(C)c1. The Balaban J connectivity index is 1.84. The van der Waals surface area contributed by atoms with Gasteiger partial charge >= 0.3 is 0 Å². The summed E-state index contributed by atoms with van der Waals surface area (Å²) in [5.41, 5.74) is 2.81. The van der Waals surface area contributed by atoms with Gasteiger partial charge in [0.25, 0.3) is 0 Å². The molecule has 24 heavy (non-hydrogen) atoms. The number of hydrogen-bond donors (Lipinski definition) is 3. The number of aryl methyl sites for hydroxylation is 2. The van der Waals surface area contributed by atoms with E-state index < -0.39 is 12.1 Å². The quantitative estimate of drug-likeness (QED) is 0.695. The summed E-state index contributed by atoms with van der Waals surface area (Å²) in [6.07, 6.45) is -0.742. The van der Waals surface area contributed by atoms with Crippen LogP contribution in [-0.4, -0.2) is 36.1 Å². The Kier molecular flexibility index (Phi) is 6.73. The molecule has 0 bridgehead atoms. The monoisotopic (exact) mass is 333 g/mol. The lowest BCUT2D eigenvalue weighted by atomic mass is 10.1. The first-order chi connectivity index (χ1) is 11.5. The van der Waals surface area contributed by atoms with Crippen LogP contribution in [0.5, 0.6) is 5.75 Å². The zero-order chi connectivity index (χ0) is 17.5. The maximum Gasteiger partial charge on any atom is 0.123 e. The van der Waals surface area contributed by atoms with E-state index in [-0.39, 0.29) is 25.6 Å². The second-order valence-corrected chi connectivity index (χ2v) is 5.93. The van der Waals surface area contributed by atoms with Gasteiger partial charge in [0.2, 0.25) is 0 Å². The van der Waals surface area contributed by atoms with Crippen LogP contribution >= 0.6 is 0 Å². The van der Waals surface area contributed by atoms with E-state index in [4.69, 9.17) is 4.74 Å². The van der Waals surface area contributed by atoms with Gasteiger partial charge < -0.3 is 20.3 Å². The molecule has 0 saturated heterocycles. The van der Waals surface area contributed by atoms with Crippen molar-refractivity contribution in [2.24, 2.45) is 0 Å². The van der Waals surface area contributed by atoms with Gasteiger partial charge in [0.15, 0.2) is 0 Å². The van der Waals surface area contributed by atoms with Crippen LogP contribution in [0.25, 0.3) is 0 Å². The van der Waals surface area contributed by atoms with E-state index in [2.05, 4.69) is 5.32 Å². The highest BCUT2D eigenvalue weighted by atomic mass is 19.1. The minimum absolute atomic E-state index is 0.137. The van der Waals surface area contributed by atoms with Crippen LogP contribution in [-0.2, 0) is 0 Å². The highest BCUT2D eigenvalue weighted by Gasteiger charge is 2.13. The lowest BCUT2D eigenvalue weighted by molar-refractivity contribution is 0.0994. The van der Waals surface area contributed by atoms with Crippen molar-refractivity contribution in [3.63, 3.8) is 0 Å². The van der Waals surface area contributed by atoms with E-state index >= 15 is 0 Å². The second kappa shape index (κ2) is 8.78. The van der Waals surface area contributed by atoms with Gasteiger partial charge in [-0.15, -0.1) is 0 Å². The largest absolute Gasteiger partial charge is 0.491 e. The van der Waals surface area contributed by atoms with Crippen LogP contribution in [0.1, 0.15) is 22.7 Å². The van der Waals surface area contributed by atoms with Gasteiger partial charge in [0.05, 0.1) is 12.6 Å². The minimum Gasteiger partial charge on any atom is -0.491 e.